The third-order valence-corrected chi connectivity index (χ3v) is 3.67. The molecular formula is C16H18F3NO3. The number of amides is 1. The van der Waals surface area contributed by atoms with Crippen molar-refractivity contribution in [1.29, 1.82) is 0 Å². The third-order valence-electron chi connectivity index (χ3n) is 3.67. The van der Waals surface area contributed by atoms with Gasteiger partial charge in [-0.3, -0.25) is 9.59 Å². The summed E-state index contributed by atoms with van der Waals surface area (Å²) in [6, 6.07) is 1.51. The van der Waals surface area contributed by atoms with Gasteiger partial charge in [0.1, 0.15) is 0 Å². The van der Waals surface area contributed by atoms with Gasteiger partial charge in [-0.25, -0.2) is 13.2 Å². The molecule has 7 heteroatoms. The third kappa shape index (κ3) is 3.83. The van der Waals surface area contributed by atoms with E-state index in [4.69, 9.17) is 4.74 Å². The highest BCUT2D eigenvalue weighted by molar-refractivity contribution is 5.95. The minimum Gasteiger partial charge on any atom is -0.466 e. The molecule has 1 aromatic carbocycles. The van der Waals surface area contributed by atoms with Crippen LogP contribution < -0.4 is 0 Å². The number of hydrogen-bond acceptors (Lipinski definition) is 3. The fraction of sp³-hybridized carbons (Fsp3) is 0.500. The Balaban J connectivity index is 2.20. The van der Waals surface area contributed by atoms with E-state index in [9.17, 15) is 22.8 Å². The maximum Gasteiger partial charge on any atom is 0.310 e. The van der Waals surface area contributed by atoms with Gasteiger partial charge in [0.25, 0.3) is 5.91 Å². The SMILES string of the molecule is CCOC(=O)C(C)CN(C(=O)c1ccc(F)c(F)c1F)C1CC1. The molecule has 1 aliphatic carbocycles. The monoisotopic (exact) mass is 329 g/mol. The highest BCUT2D eigenvalue weighted by atomic mass is 19.2. The molecule has 1 unspecified atom stereocenters. The number of nitrogens with zero attached hydrogens (tertiary/aromatic N) is 1. The smallest absolute Gasteiger partial charge is 0.310 e. The summed E-state index contributed by atoms with van der Waals surface area (Å²) in [6.45, 7) is 3.53. The first-order valence-electron chi connectivity index (χ1n) is 7.47. The van der Waals surface area contributed by atoms with Gasteiger partial charge in [0.05, 0.1) is 18.1 Å². The Labute approximate surface area is 132 Å². The summed E-state index contributed by atoms with van der Waals surface area (Å²) in [6.07, 6.45) is 1.46. The predicted octanol–water partition coefficient (Wildman–Crippen LogP) is 2.91. The topological polar surface area (TPSA) is 46.6 Å². The van der Waals surface area contributed by atoms with E-state index in [-0.39, 0.29) is 19.2 Å². The quantitative estimate of drug-likeness (QED) is 0.595. The summed E-state index contributed by atoms with van der Waals surface area (Å²) in [5, 5.41) is 0. The minimum absolute atomic E-state index is 0.0424. The first-order valence-corrected chi connectivity index (χ1v) is 7.47. The average Bonchev–Trinajstić information content (AvgIpc) is 3.34. The Bertz CT molecular complexity index is 617. The summed E-state index contributed by atoms with van der Waals surface area (Å²) in [4.78, 5) is 25.5. The molecule has 1 aliphatic rings. The maximum absolute atomic E-state index is 13.8. The number of hydrogen-bond donors (Lipinski definition) is 0. The van der Waals surface area contributed by atoms with E-state index < -0.39 is 40.8 Å². The molecule has 0 aromatic heterocycles. The zero-order chi connectivity index (χ0) is 17.1. The average molecular weight is 329 g/mol. The van der Waals surface area contributed by atoms with E-state index in [0.29, 0.717) is 6.07 Å². The predicted molar refractivity (Wildman–Crippen MR) is 76.2 cm³/mol. The molecule has 126 valence electrons. The molecule has 2 rings (SSSR count). The lowest BCUT2D eigenvalue weighted by atomic mass is 10.1. The van der Waals surface area contributed by atoms with Crippen LogP contribution in [0.15, 0.2) is 12.1 Å². The Kier molecular flexibility index (Phi) is 5.28. The van der Waals surface area contributed by atoms with Crippen molar-refractivity contribution in [3.8, 4) is 0 Å². The molecule has 1 amide bonds. The molecule has 23 heavy (non-hydrogen) atoms. The number of benzene rings is 1. The van der Waals surface area contributed by atoms with Crippen LogP contribution in [0.3, 0.4) is 0 Å². The van der Waals surface area contributed by atoms with Crippen LogP contribution in [0.4, 0.5) is 13.2 Å². The zero-order valence-corrected chi connectivity index (χ0v) is 12.9. The van der Waals surface area contributed by atoms with Gasteiger partial charge in [0, 0.05) is 12.6 Å². The number of carbonyl (C=O) groups is 2. The van der Waals surface area contributed by atoms with E-state index in [1.807, 2.05) is 0 Å². The van der Waals surface area contributed by atoms with Crippen LogP contribution in [-0.2, 0) is 9.53 Å². The molecule has 0 radical (unpaired) electrons. The number of esters is 1. The van der Waals surface area contributed by atoms with Gasteiger partial charge in [0.15, 0.2) is 17.5 Å². The molecular weight excluding hydrogens is 311 g/mol. The van der Waals surface area contributed by atoms with E-state index in [2.05, 4.69) is 0 Å². The fourth-order valence-corrected chi connectivity index (χ4v) is 2.28. The minimum atomic E-state index is -1.68. The van der Waals surface area contributed by atoms with Crippen LogP contribution in [0.2, 0.25) is 0 Å². The highest BCUT2D eigenvalue weighted by Crippen LogP contribution is 2.30. The molecule has 0 aliphatic heterocycles. The second kappa shape index (κ2) is 7.02. The van der Waals surface area contributed by atoms with Crippen LogP contribution >= 0.6 is 0 Å². The van der Waals surface area contributed by atoms with E-state index in [0.717, 1.165) is 18.9 Å². The molecule has 0 heterocycles. The van der Waals surface area contributed by atoms with Gasteiger partial charge >= 0.3 is 5.97 Å². The molecule has 4 nitrogen and oxygen atoms in total. The number of halogens is 3. The van der Waals surface area contributed by atoms with Crippen molar-refractivity contribution in [3.05, 3.63) is 35.1 Å². The van der Waals surface area contributed by atoms with E-state index >= 15 is 0 Å². The van der Waals surface area contributed by atoms with Gasteiger partial charge in [-0.05, 0) is 31.9 Å². The van der Waals surface area contributed by atoms with Gasteiger partial charge in [-0.15, -0.1) is 0 Å². The second-order valence-corrected chi connectivity index (χ2v) is 5.56. The molecule has 0 N–H and O–H groups in total. The van der Waals surface area contributed by atoms with Gasteiger partial charge in [-0.2, -0.15) is 0 Å². The Morgan fingerprint density at radius 1 is 1.26 bits per heavy atom. The highest BCUT2D eigenvalue weighted by Gasteiger charge is 2.36. The van der Waals surface area contributed by atoms with Crippen LogP contribution in [0.1, 0.15) is 37.0 Å². The molecule has 0 spiro atoms. The van der Waals surface area contributed by atoms with Crippen molar-refractivity contribution < 1.29 is 27.5 Å². The molecule has 1 aromatic rings. The Morgan fingerprint density at radius 3 is 2.48 bits per heavy atom. The summed E-state index contributed by atoms with van der Waals surface area (Å²) >= 11 is 0. The lowest BCUT2D eigenvalue weighted by Gasteiger charge is -2.25. The second-order valence-electron chi connectivity index (χ2n) is 5.56. The Hall–Kier alpha value is -2.05. The summed E-state index contributed by atoms with van der Waals surface area (Å²) < 4.78 is 45.0. The van der Waals surface area contributed by atoms with Crippen molar-refractivity contribution in [3.63, 3.8) is 0 Å². The van der Waals surface area contributed by atoms with Crippen LogP contribution in [0, 0.1) is 23.4 Å². The van der Waals surface area contributed by atoms with E-state index in [1.54, 1.807) is 13.8 Å². The molecule has 1 fully saturated rings. The summed E-state index contributed by atoms with van der Waals surface area (Å²) in [5.74, 6) is -6.34. The first kappa shape index (κ1) is 17.3. The van der Waals surface area contributed by atoms with Crippen LogP contribution in [-0.4, -0.2) is 36.0 Å². The van der Waals surface area contributed by atoms with Gasteiger partial charge in [-0.1, -0.05) is 6.92 Å². The van der Waals surface area contributed by atoms with Gasteiger partial charge in [0.2, 0.25) is 0 Å². The molecule has 1 saturated carbocycles. The van der Waals surface area contributed by atoms with Crippen LogP contribution in [0.25, 0.3) is 0 Å². The summed E-state index contributed by atoms with van der Waals surface area (Å²) in [7, 11) is 0. The molecule has 0 saturated heterocycles. The molecule has 0 bridgehead atoms. The van der Waals surface area contributed by atoms with Crippen LogP contribution in [0.5, 0.6) is 0 Å². The van der Waals surface area contributed by atoms with Crippen molar-refractivity contribution >= 4 is 11.9 Å². The number of rotatable bonds is 6. The lowest BCUT2D eigenvalue weighted by Crippen LogP contribution is -2.39. The van der Waals surface area contributed by atoms with Crippen molar-refractivity contribution in [1.82, 2.24) is 4.90 Å². The standard InChI is InChI=1S/C16H18F3NO3/c1-3-23-16(22)9(2)8-20(10-4-5-10)15(21)11-6-7-12(17)14(19)13(11)18/h6-7,9-10H,3-5,8H2,1-2H3. The molecule has 1 atom stereocenters. The number of ether oxygens (including phenoxy) is 1. The van der Waals surface area contributed by atoms with Crippen molar-refractivity contribution in [2.45, 2.75) is 32.7 Å². The maximum atomic E-state index is 13.8. The van der Waals surface area contributed by atoms with E-state index in [1.165, 1.54) is 4.90 Å². The zero-order valence-electron chi connectivity index (χ0n) is 12.9. The van der Waals surface area contributed by atoms with Crippen molar-refractivity contribution in [2.75, 3.05) is 13.2 Å². The Morgan fingerprint density at radius 2 is 1.91 bits per heavy atom. The normalized spacial score (nSPS) is 15.2. The fourth-order valence-electron chi connectivity index (χ4n) is 2.28. The first-order chi connectivity index (χ1) is 10.9. The number of carbonyl (C=O) groups excluding carboxylic acids is 2. The summed E-state index contributed by atoms with van der Waals surface area (Å²) in [5.41, 5.74) is -0.535. The lowest BCUT2D eigenvalue weighted by molar-refractivity contribution is -0.147. The van der Waals surface area contributed by atoms with Gasteiger partial charge < -0.3 is 9.64 Å². The van der Waals surface area contributed by atoms with Crippen molar-refractivity contribution in [2.24, 2.45) is 5.92 Å². The largest absolute Gasteiger partial charge is 0.466 e.